The van der Waals surface area contributed by atoms with Gasteiger partial charge in [-0.05, 0) is 12.1 Å². The van der Waals surface area contributed by atoms with Crippen LogP contribution in [0.3, 0.4) is 0 Å². The van der Waals surface area contributed by atoms with Crippen LogP contribution >= 0.6 is 22.9 Å². The van der Waals surface area contributed by atoms with Gasteiger partial charge in [0.2, 0.25) is 5.88 Å². The molecule has 2 heterocycles. The predicted octanol–water partition coefficient (Wildman–Crippen LogP) is 3.59. The molecular weight excluding hydrogens is 406 g/mol. The van der Waals surface area contributed by atoms with E-state index in [4.69, 9.17) is 22.1 Å². The molecule has 4 N–H and O–H groups in total. The number of hydrogen-bond acceptors (Lipinski definition) is 9. The van der Waals surface area contributed by atoms with Crippen molar-refractivity contribution in [3.63, 3.8) is 0 Å². The first kappa shape index (κ1) is 19.3. The van der Waals surface area contributed by atoms with Gasteiger partial charge >= 0.3 is 6.03 Å². The zero-order valence-corrected chi connectivity index (χ0v) is 16.0. The number of ether oxygens (including phenoxy) is 1. The van der Waals surface area contributed by atoms with Gasteiger partial charge in [-0.15, -0.1) is 11.3 Å². The lowest BCUT2D eigenvalue weighted by Crippen LogP contribution is -2.19. The van der Waals surface area contributed by atoms with E-state index in [1.165, 1.54) is 37.1 Å². The summed E-state index contributed by atoms with van der Waals surface area (Å²) in [6, 6.07) is 4.26. The average Bonchev–Trinajstić information content (AvgIpc) is 3.16. The Labute approximate surface area is 168 Å². The molecule has 0 saturated heterocycles. The molecule has 0 aliphatic carbocycles. The van der Waals surface area contributed by atoms with E-state index < -0.39 is 6.03 Å². The molecule has 0 fully saturated rings. The molecule has 10 nitrogen and oxygen atoms in total. The van der Waals surface area contributed by atoms with Gasteiger partial charge in [-0.2, -0.15) is 0 Å². The smallest absolute Gasteiger partial charge is 0.325 e. The second-order valence-electron chi connectivity index (χ2n) is 5.05. The number of carbonyl (C=O) groups is 1. The molecule has 0 spiro atoms. The largest absolute Gasteiger partial charge is 0.438 e. The highest BCUT2D eigenvalue weighted by Gasteiger charge is 2.12. The lowest BCUT2D eigenvalue weighted by Gasteiger charge is -2.11. The SMILES string of the molecule is CON=Cc1c(N)ncnc1Oc1ccc(NC(=O)Nc2nccs2)c(Cl)c1. The second kappa shape index (κ2) is 8.97. The Morgan fingerprint density at radius 1 is 1.32 bits per heavy atom. The molecule has 0 radical (unpaired) electrons. The highest BCUT2D eigenvalue weighted by atomic mass is 35.5. The van der Waals surface area contributed by atoms with Crippen molar-refractivity contribution in [2.24, 2.45) is 5.16 Å². The van der Waals surface area contributed by atoms with E-state index in [0.717, 1.165) is 0 Å². The number of thiazole rings is 1. The molecule has 144 valence electrons. The van der Waals surface area contributed by atoms with E-state index in [1.54, 1.807) is 23.7 Å². The number of nitrogens with one attached hydrogen (secondary N) is 2. The minimum Gasteiger partial charge on any atom is -0.438 e. The van der Waals surface area contributed by atoms with E-state index in [-0.39, 0.29) is 16.7 Å². The third-order valence-corrected chi connectivity index (χ3v) is 4.22. The standard InChI is InChI=1S/C16H14ClN7O3S/c1-26-22-7-10-13(18)20-8-21-14(10)27-9-2-3-12(11(17)6-9)23-15(25)24-16-19-4-5-28-16/h2-8H,1H3,(H2,18,20,21)(H2,19,23,24,25). The number of anilines is 3. The van der Waals surface area contributed by atoms with Crippen LogP contribution in [-0.2, 0) is 4.84 Å². The summed E-state index contributed by atoms with van der Waals surface area (Å²) in [6.07, 6.45) is 4.19. The van der Waals surface area contributed by atoms with Crippen molar-refractivity contribution in [2.45, 2.75) is 0 Å². The zero-order chi connectivity index (χ0) is 19.9. The van der Waals surface area contributed by atoms with E-state index >= 15 is 0 Å². The van der Waals surface area contributed by atoms with Gasteiger partial charge in [0.05, 0.1) is 16.9 Å². The minimum absolute atomic E-state index is 0.173. The van der Waals surface area contributed by atoms with Gasteiger partial charge < -0.3 is 20.6 Å². The molecular formula is C16H14ClN7O3S. The van der Waals surface area contributed by atoms with Crippen LogP contribution in [0, 0.1) is 0 Å². The fourth-order valence-corrected chi connectivity index (χ4v) is 2.75. The number of rotatable bonds is 6. The summed E-state index contributed by atoms with van der Waals surface area (Å²) in [5.74, 6) is 0.724. The third-order valence-electron chi connectivity index (χ3n) is 3.22. The summed E-state index contributed by atoms with van der Waals surface area (Å²) in [4.78, 5) is 28.5. The van der Waals surface area contributed by atoms with Crippen LogP contribution in [0.1, 0.15) is 5.56 Å². The summed E-state index contributed by atoms with van der Waals surface area (Å²) < 4.78 is 5.71. The predicted molar refractivity (Wildman–Crippen MR) is 107 cm³/mol. The van der Waals surface area contributed by atoms with E-state index in [1.807, 2.05) is 0 Å². The van der Waals surface area contributed by atoms with Gasteiger partial charge in [-0.25, -0.2) is 19.7 Å². The molecule has 2 aromatic heterocycles. The van der Waals surface area contributed by atoms with E-state index in [0.29, 0.717) is 22.1 Å². The molecule has 0 unspecified atom stereocenters. The summed E-state index contributed by atoms with van der Waals surface area (Å²) in [5.41, 5.74) is 6.56. The van der Waals surface area contributed by atoms with Crippen molar-refractivity contribution < 1.29 is 14.4 Å². The van der Waals surface area contributed by atoms with Gasteiger partial charge in [0.15, 0.2) is 5.13 Å². The number of nitrogen functional groups attached to an aromatic ring is 1. The molecule has 0 aliphatic rings. The van der Waals surface area contributed by atoms with Crippen molar-refractivity contribution in [1.29, 1.82) is 0 Å². The topological polar surface area (TPSA) is 137 Å². The van der Waals surface area contributed by atoms with Crippen molar-refractivity contribution in [1.82, 2.24) is 15.0 Å². The molecule has 0 bridgehead atoms. The highest BCUT2D eigenvalue weighted by molar-refractivity contribution is 7.13. The monoisotopic (exact) mass is 419 g/mol. The van der Waals surface area contributed by atoms with Crippen molar-refractivity contribution >= 4 is 51.8 Å². The van der Waals surface area contributed by atoms with Gasteiger partial charge in [-0.1, -0.05) is 16.8 Å². The molecule has 3 rings (SSSR count). The van der Waals surface area contributed by atoms with Crippen LogP contribution in [-0.4, -0.2) is 34.3 Å². The number of aromatic nitrogens is 3. The summed E-state index contributed by atoms with van der Waals surface area (Å²) in [7, 11) is 1.40. The van der Waals surface area contributed by atoms with Gasteiger partial charge in [-0.3, -0.25) is 5.32 Å². The Hall–Kier alpha value is -3.44. The molecule has 0 atom stereocenters. The third kappa shape index (κ3) is 4.84. The van der Waals surface area contributed by atoms with Gasteiger partial charge in [0, 0.05) is 17.6 Å². The van der Waals surface area contributed by atoms with Crippen molar-refractivity contribution in [3.8, 4) is 11.6 Å². The number of benzene rings is 1. The van der Waals surface area contributed by atoms with E-state index in [2.05, 4.69) is 35.6 Å². The van der Waals surface area contributed by atoms with Crippen molar-refractivity contribution in [3.05, 3.63) is 46.7 Å². The van der Waals surface area contributed by atoms with Crippen molar-refractivity contribution in [2.75, 3.05) is 23.5 Å². The average molecular weight is 420 g/mol. The number of nitrogens with zero attached hydrogens (tertiary/aromatic N) is 4. The number of carbonyl (C=O) groups excluding carboxylic acids is 1. The van der Waals surface area contributed by atoms with E-state index in [9.17, 15) is 4.79 Å². The molecule has 0 saturated carbocycles. The Morgan fingerprint density at radius 2 is 2.18 bits per heavy atom. The summed E-state index contributed by atoms with van der Waals surface area (Å²) in [5, 5.41) is 11.4. The molecule has 12 heteroatoms. The molecule has 28 heavy (non-hydrogen) atoms. The van der Waals surface area contributed by atoms with Gasteiger partial charge in [0.1, 0.15) is 30.6 Å². The number of hydrogen-bond donors (Lipinski definition) is 3. The first-order valence-corrected chi connectivity index (χ1v) is 8.94. The first-order valence-electron chi connectivity index (χ1n) is 7.68. The van der Waals surface area contributed by atoms with Crippen LogP contribution < -0.4 is 21.1 Å². The van der Waals surface area contributed by atoms with Crippen LogP contribution in [0.25, 0.3) is 0 Å². The lowest BCUT2D eigenvalue weighted by molar-refractivity contribution is 0.215. The maximum Gasteiger partial charge on any atom is 0.325 e. The Kier molecular flexibility index (Phi) is 6.19. The Morgan fingerprint density at radius 3 is 2.89 bits per heavy atom. The number of amides is 2. The quantitative estimate of drug-likeness (QED) is 0.410. The fraction of sp³-hybridized carbons (Fsp3) is 0.0625. The lowest BCUT2D eigenvalue weighted by atomic mass is 10.3. The van der Waals surface area contributed by atoms with Crippen LogP contribution in [0.15, 0.2) is 41.3 Å². The Balaban J connectivity index is 1.73. The zero-order valence-electron chi connectivity index (χ0n) is 14.4. The fourth-order valence-electron chi connectivity index (χ4n) is 2.01. The molecule has 2 amide bonds. The van der Waals surface area contributed by atoms with Crippen LogP contribution in [0.2, 0.25) is 5.02 Å². The molecule has 0 aliphatic heterocycles. The normalized spacial score (nSPS) is 10.6. The second-order valence-corrected chi connectivity index (χ2v) is 6.36. The molecule has 1 aromatic carbocycles. The van der Waals surface area contributed by atoms with Crippen LogP contribution in [0.5, 0.6) is 11.6 Å². The number of nitrogens with two attached hydrogens (primary N) is 1. The number of urea groups is 1. The van der Waals surface area contributed by atoms with Crippen LogP contribution in [0.4, 0.5) is 21.4 Å². The maximum absolute atomic E-state index is 12.0. The highest BCUT2D eigenvalue weighted by Crippen LogP contribution is 2.31. The van der Waals surface area contributed by atoms with Gasteiger partial charge in [0.25, 0.3) is 0 Å². The summed E-state index contributed by atoms with van der Waals surface area (Å²) in [6.45, 7) is 0. The minimum atomic E-state index is -0.466. The summed E-state index contributed by atoms with van der Waals surface area (Å²) >= 11 is 7.54. The maximum atomic E-state index is 12.0. The first-order chi connectivity index (χ1) is 13.6. The number of oxime groups is 1. The molecule has 3 aromatic rings. The Bertz CT molecular complexity index is 998. The number of halogens is 1.